The van der Waals surface area contributed by atoms with Crippen LogP contribution in [0.25, 0.3) is 33.2 Å². The summed E-state index contributed by atoms with van der Waals surface area (Å²) in [5, 5.41) is 2.48. The van der Waals surface area contributed by atoms with E-state index in [1.165, 1.54) is 44.2 Å². The van der Waals surface area contributed by atoms with Gasteiger partial charge in [0.2, 0.25) is 0 Å². The first-order valence-electron chi connectivity index (χ1n) is 11.5. The summed E-state index contributed by atoms with van der Waals surface area (Å²) in [6.07, 6.45) is 4.17. The molecule has 5 rings (SSSR count). The molecular formula is C30H31N. The van der Waals surface area contributed by atoms with Gasteiger partial charge in [0.25, 0.3) is 0 Å². The van der Waals surface area contributed by atoms with Crippen molar-refractivity contribution in [1.29, 1.82) is 0 Å². The minimum Gasteiger partial charge on any atom is -0.256 e. The van der Waals surface area contributed by atoms with E-state index < -0.39 is 0 Å². The lowest BCUT2D eigenvalue weighted by molar-refractivity contribution is 0.440. The molecule has 156 valence electrons. The van der Waals surface area contributed by atoms with Gasteiger partial charge in [-0.2, -0.15) is 0 Å². The molecule has 0 fully saturated rings. The van der Waals surface area contributed by atoms with Crippen molar-refractivity contribution in [1.82, 2.24) is 4.98 Å². The lowest BCUT2D eigenvalue weighted by Gasteiger charge is -2.32. The zero-order chi connectivity index (χ0) is 21.8. The second kappa shape index (κ2) is 7.05. The molecule has 1 aliphatic rings. The maximum absolute atomic E-state index is 4.94. The van der Waals surface area contributed by atoms with Crippen LogP contribution in [-0.4, -0.2) is 4.98 Å². The molecule has 1 aliphatic carbocycles. The van der Waals surface area contributed by atoms with Gasteiger partial charge in [0.1, 0.15) is 0 Å². The van der Waals surface area contributed by atoms with Crippen LogP contribution in [0.1, 0.15) is 64.2 Å². The highest BCUT2D eigenvalue weighted by molar-refractivity contribution is 5.96. The third kappa shape index (κ3) is 2.86. The fourth-order valence-corrected chi connectivity index (χ4v) is 5.41. The normalized spacial score (nSPS) is 14.5. The molecule has 1 aromatic heterocycles. The summed E-state index contributed by atoms with van der Waals surface area (Å²) in [4.78, 5) is 4.94. The molecule has 31 heavy (non-hydrogen) atoms. The fraction of sp³-hybridized carbons (Fsp3) is 0.300. The number of nitrogens with zero attached hydrogens (tertiary/aromatic N) is 1. The Morgan fingerprint density at radius 3 is 2.26 bits per heavy atom. The standard InChI is InChI=1S/C30H31N/c1-6-30(5,7-2)27-18-23-22-14-10-11-15-25(22)29(3,4)26(23)19-24(27)28-21-13-9-8-12-20(21)16-17-31-28/h8-19H,6-7H2,1-5H3. The van der Waals surface area contributed by atoms with E-state index in [-0.39, 0.29) is 10.8 Å². The zero-order valence-corrected chi connectivity index (χ0v) is 19.3. The summed E-state index contributed by atoms with van der Waals surface area (Å²) in [5.74, 6) is 0. The van der Waals surface area contributed by atoms with E-state index in [2.05, 4.69) is 101 Å². The molecule has 3 aromatic carbocycles. The van der Waals surface area contributed by atoms with Crippen molar-refractivity contribution in [3.05, 3.63) is 89.6 Å². The Labute approximate surface area is 186 Å². The predicted octanol–water partition coefficient (Wildman–Crippen LogP) is 8.29. The van der Waals surface area contributed by atoms with E-state index >= 15 is 0 Å². The smallest absolute Gasteiger partial charge is 0.0783 e. The molecule has 0 aliphatic heterocycles. The van der Waals surface area contributed by atoms with E-state index in [1.54, 1.807) is 0 Å². The summed E-state index contributed by atoms with van der Waals surface area (Å²) in [6.45, 7) is 11.8. The van der Waals surface area contributed by atoms with Gasteiger partial charge in [-0.05, 0) is 69.7 Å². The van der Waals surface area contributed by atoms with Gasteiger partial charge in [-0.25, -0.2) is 0 Å². The predicted molar refractivity (Wildman–Crippen MR) is 133 cm³/mol. The highest BCUT2D eigenvalue weighted by Gasteiger charge is 2.38. The SMILES string of the molecule is CCC(C)(CC)c1cc2c(cc1-c1nccc3ccccc13)C(C)(C)c1ccccc1-2. The van der Waals surface area contributed by atoms with Crippen molar-refractivity contribution in [3.8, 4) is 22.4 Å². The summed E-state index contributed by atoms with van der Waals surface area (Å²) >= 11 is 0. The number of fused-ring (bicyclic) bond motifs is 4. The van der Waals surface area contributed by atoms with Crippen LogP contribution in [0.15, 0.2) is 72.9 Å². The van der Waals surface area contributed by atoms with E-state index in [1.807, 2.05) is 6.20 Å². The minimum atomic E-state index is -0.0153. The highest BCUT2D eigenvalue weighted by Crippen LogP contribution is 2.52. The monoisotopic (exact) mass is 405 g/mol. The van der Waals surface area contributed by atoms with Gasteiger partial charge in [-0.1, -0.05) is 83.1 Å². The van der Waals surface area contributed by atoms with Gasteiger partial charge in [0, 0.05) is 22.6 Å². The molecule has 1 nitrogen and oxygen atoms in total. The van der Waals surface area contributed by atoms with Crippen molar-refractivity contribution in [2.75, 3.05) is 0 Å². The van der Waals surface area contributed by atoms with E-state index in [0.29, 0.717) is 0 Å². The number of rotatable bonds is 4. The molecule has 0 spiro atoms. The van der Waals surface area contributed by atoms with Crippen molar-refractivity contribution in [2.45, 2.75) is 58.3 Å². The van der Waals surface area contributed by atoms with Gasteiger partial charge in [0.05, 0.1) is 5.69 Å². The van der Waals surface area contributed by atoms with Gasteiger partial charge in [-0.15, -0.1) is 0 Å². The average molecular weight is 406 g/mol. The fourth-order valence-electron chi connectivity index (χ4n) is 5.41. The Hall–Kier alpha value is -2.93. The van der Waals surface area contributed by atoms with Crippen LogP contribution >= 0.6 is 0 Å². The minimum absolute atomic E-state index is 0.0153. The van der Waals surface area contributed by atoms with Gasteiger partial charge >= 0.3 is 0 Å². The Morgan fingerprint density at radius 1 is 0.774 bits per heavy atom. The molecule has 0 unspecified atom stereocenters. The second-order valence-electron chi connectivity index (χ2n) is 9.76. The van der Waals surface area contributed by atoms with Crippen molar-refractivity contribution in [2.24, 2.45) is 0 Å². The molecular weight excluding hydrogens is 374 g/mol. The summed E-state index contributed by atoms with van der Waals surface area (Å²) in [5.41, 5.74) is 9.53. The summed E-state index contributed by atoms with van der Waals surface area (Å²) in [6, 6.07) is 24.6. The highest BCUT2D eigenvalue weighted by atomic mass is 14.7. The Morgan fingerprint density at radius 2 is 1.48 bits per heavy atom. The molecule has 1 heteroatoms. The van der Waals surface area contributed by atoms with Crippen LogP contribution in [-0.2, 0) is 10.8 Å². The van der Waals surface area contributed by atoms with E-state index in [4.69, 9.17) is 4.98 Å². The largest absolute Gasteiger partial charge is 0.256 e. The first-order valence-corrected chi connectivity index (χ1v) is 11.5. The molecule has 4 aromatic rings. The summed E-state index contributed by atoms with van der Waals surface area (Å²) in [7, 11) is 0. The van der Waals surface area contributed by atoms with Gasteiger partial charge in [0.15, 0.2) is 0 Å². The third-order valence-electron chi connectivity index (χ3n) is 7.86. The van der Waals surface area contributed by atoms with Crippen LogP contribution in [0.5, 0.6) is 0 Å². The van der Waals surface area contributed by atoms with Gasteiger partial charge in [-0.3, -0.25) is 4.98 Å². The Balaban J connectivity index is 1.89. The molecule has 0 atom stereocenters. The maximum atomic E-state index is 4.94. The molecule has 0 saturated carbocycles. The molecule has 1 heterocycles. The second-order valence-corrected chi connectivity index (χ2v) is 9.76. The quantitative estimate of drug-likeness (QED) is 0.333. The lowest BCUT2D eigenvalue weighted by atomic mass is 9.72. The van der Waals surface area contributed by atoms with E-state index in [0.717, 1.165) is 18.5 Å². The molecule has 0 N–H and O–H groups in total. The molecule has 0 saturated heterocycles. The molecule has 0 radical (unpaired) electrons. The van der Waals surface area contributed by atoms with Crippen molar-refractivity contribution in [3.63, 3.8) is 0 Å². The van der Waals surface area contributed by atoms with Crippen LogP contribution < -0.4 is 0 Å². The number of hydrogen-bond donors (Lipinski definition) is 0. The van der Waals surface area contributed by atoms with Crippen LogP contribution in [0.4, 0.5) is 0 Å². The summed E-state index contributed by atoms with van der Waals surface area (Å²) < 4.78 is 0. The van der Waals surface area contributed by atoms with Gasteiger partial charge < -0.3 is 0 Å². The Kier molecular flexibility index (Phi) is 4.55. The maximum Gasteiger partial charge on any atom is 0.0783 e. The lowest BCUT2D eigenvalue weighted by Crippen LogP contribution is -2.22. The first kappa shape index (κ1) is 20.0. The first-order chi connectivity index (χ1) is 14.9. The Bertz CT molecular complexity index is 1290. The van der Waals surface area contributed by atoms with Crippen LogP contribution in [0.3, 0.4) is 0 Å². The topological polar surface area (TPSA) is 12.9 Å². The molecule has 0 bridgehead atoms. The van der Waals surface area contributed by atoms with E-state index in [9.17, 15) is 0 Å². The number of hydrogen-bond acceptors (Lipinski definition) is 1. The average Bonchev–Trinajstić information content (AvgIpc) is 3.04. The van der Waals surface area contributed by atoms with Crippen molar-refractivity contribution >= 4 is 10.8 Å². The number of benzene rings is 3. The number of aromatic nitrogens is 1. The molecule has 0 amide bonds. The third-order valence-corrected chi connectivity index (χ3v) is 7.86. The zero-order valence-electron chi connectivity index (χ0n) is 19.3. The van der Waals surface area contributed by atoms with Crippen LogP contribution in [0.2, 0.25) is 0 Å². The number of pyridine rings is 1. The van der Waals surface area contributed by atoms with Crippen molar-refractivity contribution < 1.29 is 0 Å². The van der Waals surface area contributed by atoms with Crippen LogP contribution in [0, 0.1) is 0 Å².